The van der Waals surface area contributed by atoms with Crippen molar-refractivity contribution in [3.05, 3.63) is 37.9 Å². The number of hydrogen-bond donors (Lipinski definition) is 1. The topological polar surface area (TPSA) is 81.5 Å². The highest BCUT2D eigenvalue weighted by atomic mass is 35.5. The Bertz CT molecular complexity index is 545. The van der Waals surface area contributed by atoms with Crippen molar-refractivity contribution in [1.82, 2.24) is 5.32 Å². The lowest BCUT2D eigenvalue weighted by molar-refractivity contribution is -0.384. The van der Waals surface area contributed by atoms with Crippen LogP contribution in [0.5, 0.6) is 0 Å². The standard InChI is InChI=1S/C12H12Cl2N2O4/c13-9-4-7(5-10(11(9)14)16(18)19)12(17)15-8-2-1-3-20-6-8/h4-5,8H,1-3,6H2,(H,15,17). The lowest BCUT2D eigenvalue weighted by Crippen LogP contribution is -2.40. The number of hydrogen-bond acceptors (Lipinski definition) is 4. The molecule has 1 aromatic rings. The van der Waals surface area contributed by atoms with E-state index in [1.54, 1.807) is 0 Å². The van der Waals surface area contributed by atoms with Crippen molar-refractivity contribution >= 4 is 34.8 Å². The van der Waals surface area contributed by atoms with Crippen molar-refractivity contribution in [2.24, 2.45) is 0 Å². The number of rotatable bonds is 3. The summed E-state index contributed by atoms with van der Waals surface area (Å²) in [4.78, 5) is 22.2. The molecule has 0 radical (unpaired) electrons. The molecule has 1 aliphatic rings. The van der Waals surface area contributed by atoms with E-state index in [0.717, 1.165) is 18.9 Å². The Kier molecular flexibility index (Phi) is 4.80. The van der Waals surface area contributed by atoms with Crippen LogP contribution in [-0.2, 0) is 4.74 Å². The molecule has 0 spiro atoms. The van der Waals surface area contributed by atoms with Gasteiger partial charge in [0.05, 0.1) is 22.6 Å². The molecule has 0 saturated carbocycles. The van der Waals surface area contributed by atoms with E-state index < -0.39 is 10.8 Å². The molecule has 0 aromatic heterocycles. The summed E-state index contributed by atoms with van der Waals surface area (Å²) in [5.41, 5.74) is -0.277. The molecular weight excluding hydrogens is 307 g/mol. The van der Waals surface area contributed by atoms with Crippen LogP contribution < -0.4 is 5.32 Å². The number of nitro groups is 1. The van der Waals surface area contributed by atoms with Crippen LogP contribution in [0.15, 0.2) is 12.1 Å². The number of benzene rings is 1. The minimum atomic E-state index is -0.672. The van der Waals surface area contributed by atoms with Crippen LogP contribution in [0, 0.1) is 10.1 Å². The molecule has 1 heterocycles. The van der Waals surface area contributed by atoms with E-state index in [-0.39, 0.29) is 27.3 Å². The van der Waals surface area contributed by atoms with E-state index in [1.165, 1.54) is 6.07 Å². The van der Waals surface area contributed by atoms with Gasteiger partial charge in [-0.15, -0.1) is 0 Å². The van der Waals surface area contributed by atoms with Crippen LogP contribution in [-0.4, -0.2) is 30.1 Å². The summed E-state index contributed by atoms with van der Waals surface area (Å²) in [6.45, 7) is 1.12. The van der Waals surface area contributed by atoms with Gasteiger partial charge >= 0.3 is 0 Å². The third-order valence-corrected chi connectivity index (χ3v) is 3.76. The van der Waals surface area contributed by atoms with Gasteiger partial charge < -0.3 is 10.1 Å². The molecule has 1 fully saturated rings. The second-order valence-electron chi connectivity index (χ2n) is 4.44. The number of halogens is 2. The number of carbonyl (C=O) groups excluding carboxylic acids is 1. The molecule has 1 saturated heterocycles. The summed E-state index contributed by atoms with van der Waals surface area (Å²) in [7, 11) is 0. The maximum Gasteiger partial charge on any atom is 0.290 e. The van der Waals surface area contributed by atoms with Crippen LogP contribution in [0.1, 0.15) is 23.2 Å². The molecule has 1 unspecified atom stereocenters. The number of amides is 1. The number of nitrogens with one attached hydrogen (secondary N) is 1. The van der Waals surface area contributed by atoms with Crippen molar-refractivity contribution in [1.29, 1.82) is 0 Å². The number of carbonyl (C=O) groups is 1. The van der Waals surface area contributed by atoms with Gasteiger partial charge in [0, 0.05) is 18.2 Å². The van der Waals surface area contributed by atoms with Gasteiger partial charge in [0.15, 0.2) is 0 Å². The summed E-state index contributed by atoms with van der Waals surface area (Å²) in [6, 6.07) is 2.34. The Morgan fingerprint density at radius 1 is 1.45 bits per heavy atom. The Morgan fingerprint density at radius 2 is 2.20 bits per heavy atom. The van der Waals surface area contributed by atoms with Gasteiger partial charge in [-0.25, -0.2) is 0 Å². The lowest BCUT2D eigenvalue weighted by atomic mass is 10.1. The fourth-order valence-corrected chi connectivity index (χ4v) is 2.35. The summed E-state index contributed by atoms with van der Waals surface area (Å²) in [5.74, 6) is -0.429. The molecule has 0 aliphatic carbocycles. The van der Waals surface area contributed by atoms with E-state index in [4.69, 9.17) is 27.9 Å². The third-order valence-electron chi connectivity index (χ3n) is 2.96. The maximum absolute atomic E-state index is 12.1. The summed E-state index contributed by atoms with van der Waals surface area (Å²) in [6.07, 6.45) is 1.68. The maximum atomic E-state index is 12.1. The average Bonchev–Trinajstić information content (AvgIpc) is 2.42. The van der Waals surface area contributed by atoms with Crippen LogP contribution in [0.4, 0.5) is 5.69 Å². The minimum absolute atomic E-state index is 0.0223. The largest absolute Gasteiger partial charge is 0.379 e. The molecule has 1 amide bonds. The van der Waals surface area contributed by atoms with Gasteiger partial charge in [-0.2, -0.15) is 0 Å². The van der Waals surface area contributed by atoms with Crippen LogP contribution in [0.2, 0.25) is 10.0 Å². The van der Waals surface area contributed by atoms with Crippen molar-refractivity contribution in [3.8, 4) is 0 Å². The highest BCUT2D eigenvalue weighted by molar-refractivity contribution is 6.43. The van der Waals surface area contributed by atoms with Gasteiger partial charge in [0.25, 0.3) is 11.6 Å². The first-order chi connectivity index (χ1) is 9.49. The first kappa shape index (κ1) is 15.0. The molecule has 8 heteroatoms. The van der Waals surface area contributed by atoms with Crippen molar-refractivity contribution in [2.75, 3.05) is 13.2 Å². The number of ether oxygens (including phenoxy) is 1. The highest BCUT2D eigenvalue weighted by Gasteiger charge is 2.22. The summed E-state index contributed by atoms with van der Waals surface area (Å²) in [5, 5.41) is 13.4. The lowest BCUT2D eigenvalue weighted by Gasteiger charge is -2.23. The van der Waals surface area contributed by atoms with Crippen LogP contribution in [0.25, 0.3) is 0 Å². The Labute approximate surface area is 125 Å². The molecule has 20 heavy (non-hydrogen) atoms. The van der Waals surface area contributed by atoms with E-state index in [9.17, 15) is 14.9 Å². The van der Waals surface area contributed by atoms with Gasteiger partial charge in [-0.3, -0.25) is 14.9 Å². The van der Waals surface area contributed by atoms with Gasteiger partial charge in [0.2, 0.25) is 0 Å². The van der Waals surface area contributed by atoms with E-state index in [0.29, 0.717) is 13.2 Å². The van der Waals surface area contributed by atoms with Crippen molar-refractivity contribution in [3.63, 3.8) is 0 Å². The molecule has 1 aliphatic heterocycles. The van der Waals surface area contributed by atoms with E-state index in [2.05, 4.69) is 5.32 Å². The van der Waals surface area contributed by atoms with E-state index >= 15 is 0 Å². The smallest absolute Gasteiger partial charge is 0.290 e. The van der Waals surface area contributed by atoms with Crippen LogP contribution >= 0.6 is 23.2 Å². The molecule has 1 atom stereocenters. The van der Waals surface area contributed by atoms with Crippen LogP contribution in [0.3, 0.4) is 0 Å². The Hall–Kier alpha value is -1.37. The van der Waals surface area contributed by atoms with Gasteiger partial charge in [-0.05, 0) is 18.9 Å². The molecular formula is C12H12Cl2N2O4. The highest BCUT2D eigenvalue weighted by Crippen LogP contribution is 2.33. The normalized spacial score (nSPS) is 18.6. The predicted molar refractivity (Wildman–Crippen MR) is 74.4 cm³/mol. The van der Waals surface area contributed by atoms with Gasteiger partial charge in [0.1, 0.15) is 5.02 Å². The first-order valence-corrected chi connectivity index (χ1v) is 6.76. The monoisotopic (exact) mass is 318 g/mol. The Morgan fingerprint density at radius 3 is 2.80 bits per heavy atom. The second-order valence-corrected chi connectivity index (χ2v) is 5.22. The molecule has 1 N–H and O–H groups in total. The van der Waals surface area contributed by atoms with Crippen molar-refractivity contribution < 1.29 is 14.5 Å². The SMILES string of the molecule is O=C(NC1CCCOC1)c1cc(Cl)c(Cl)c([N+](=O)[O-])c1. The fourth-order valence-electron chi connectivity index (χ4n) is 1.96. The first-order valence-electron chi connectivity index (χ1n) is 6.01. The zero-order chi connectivity index (χ0) is 14.7. The average molecular weight is 319 g/mol. The van der Waals surface area contributed by atoms with E-state index in [1.807, 2.05) is 0 Å². The zero-order valence-corrected chi connectivity index (χ0v) is 11.9. The molecule has 2 rings (SSSR count). The fraction of sp³-hybridized carbons (Fsp3) is 0.417. The molecule has 108 valence electrons. The van der Waals surface area contributed by atoms with Gasteiger partial charge in [-0.1, -0.05) is 23.2 Å². The van der Waals surface area contributed by atoms with Crippen molar-refractivity contribution in [2.45, 2.75) is 18.9 Å². The number of nitrogens with zero attached hydrogens (tertiary/aromatic N) is 1. The zero-order valence-electron chi connectivity index (χ0n) is 10.4. The quantitative estimate of drug-likeness (QED) is 0.686. The summed E-state index contributed by atoms with van der Waals surface area (Å²) < 4.78 is 5.25. The third kappa shape index (κ3) is 3.39. The number of nitro benzene ring substituents is 1. The molecule has 0 bridgehead atoms. The predicted octanol–water partition coefficient (Wildman–Crippen LogP) is 2.81. The minimum Gasteiger partial charge on any atom is -0.379 e. The summed E-state index contributed by atoms with van der Waals surface area (Å²) >= 11 is 11.5. The second kappa shape index (κ2) is 6.39. The molecule has 6 nitrogen and oxygen atoms in total. The Balaban J connectivity index is 2.19. The molecule has 1 aromatic carbocycles.